The zero-order chi connectivity index (χ0) is 14.9. The maximum absolute atomic E-state index is 12.5. The Bertz CT molecular complexity index is 487. The van der Waals surface area contributed by atoms with Crippen molar-refractivity contribution < 1.29 is 23.2 Å². The SMILES string of the molecule is NC(=O)N(O)C1CCC(c2ccc(C(F)(F)F)cc2)C1. The Morgan fingerprint density at radius 1 is 1.25 bits per heavy atom. The smallest absolute Gasteiger partial charge is 0.350 e. The number of urea groups is 1. The number of hydrogen-bond acceptors (Lipinski definition) is 2. The molecule has 0 bridgehead atoms. The van der Waals surface area contributed by atoms with Gasteiger partial charge in [0, 0.05) is 0 Å². The second-order valence-electron chi connectivity index (χ2n) is 4.97. The Balaban J connectivity index is 2.05. The minimum atomic E-state index is -4.34. The molecule has 0 aliphatic heterocycles. The van der Waals surface area contributed by atoms with E-state index in [1.165, 1.54) is 12.1 Å². The molecule has 1 aliphatic carbocycles. The van der Waals surface area contributed by atoms with Gasteiger partial charge in [0.2, 0.25) is 0 Å². The van der Waals surface area contributed by atoms with E-state index in [4.69, 9.17) is 5.73 Å². The van der Waals surface area contributed by atoms with Gasteiger partial charge in [0.15, 0.2) is 0 Å². The summed E-state index contributed by atoms with van der Waals surface area (Å²) in [5.41, 5.74) is 5.07. The van der Waals surface area contributed by atoms with Gasteiger partial charge in [-0.15, -0.1) is 0 Å². The van der Waals surface area contributed by atoms with E-state index in [2.05, 4.69) is 0 Å². The summed E-state index contributed by atoms with van der Waals surface area (Å²) in [5.74, 6) is 0.0243. The fourth-order valence-electron chi connectivity index (χ4n) is 2.61. The van der Waals surface area contributed by atoms with Crippen LogP contribution in [0.3, 0.4) is 0 Å². The molecule has 0 heterocycles. The maximum Gasteiger partial charge on any atom is 0.416 e. The predicted octanol–water partition coefficient (Wildman–Crippen LogP) is 3.11. The number of hydrogen-bond donors (Lipinski definition) is 2. The van der Waals surface area contributed by atoms with Gasteiger partial charge in [-0.2, -0.15) is 13.2 Å². The van der Waals surface area contributed by atoms with Gasteiger partial charge in [0.25, 0.3) is 0 Å². The van der Waals surface area contributed by atoms with Crippen molar-refractivity contribution in [3.63, 3.8) is 0 Å². The second kappa shape index (κ2) is 5.32. The molecule has 1 saturated carbocycles. The molecule has 1 aromatic carbocycles. The number of carbonyl (C=O) groups excluding carboxylic acids is 1. The molecule has 1 aliphatic rings. The predicted molar refractivity (Wildman–Crippen MR) is 65.0 cm³/mol. The second-order valence-corrected chi connectivity index (χ2v) is 4.97. The molecule has 2 atom stereocenters. The van der Waals surface area contributed by atoms with Crippen molar-refractivity contribution in [3.05, 3.63) is 35.4 Å². The highest BCUT2D eigenvalue weighted by Gasteiger charge is 2.33. The minimum Gasteiger partial charge on any atom is -0.350 e. The number of rotatable bonds is 2. The number of alkyl halides is 3. The van der Waals surface area contributed by atoms with Crippen molar-refractivity contribution in [2.24, 2.45) is 5.73 Å². The van der Waals surface area contributed by atoms with Gasteiger partial charge in [0.1, 0.15) is 0 Å². The first-order valence-electron chi connectivity index (χ1n) is 6.23. The van der Waals surface area contributed by atoms with E-state index in [1.807, 2.05) is 0 Å². The minimum absolute atomic E-state index is 0.0243. The lowest BCUT2D eigenvalue weighted by Crippen LogP contribution is -2.39. The number of benzene rings is 1. The van der Waals surface area contributed by atoms with Crippen LogP contribution in [-0.4, -0.2) is 22.3 Å². The quantitative estimate of drug-likeness (QED) is 0.648. The first-order chi connectivity index (χ1) is 9.29. The summed E-state index contributed by atoms with van der Waals surface area (Å²) in [6, 6.07) is 3.70. The largest absolute Gasteiger partial charge is 0.416 e. The first-order valence-corrected chi connectivity index (χ1v) is 6.23. The third kappa shape index (κ3) is 3.04. The highest BCUT2D eigenvalue weighted by Crippen LogP contribution is 2.37. The highest BCUT2D eigenvalue weighted by molar-refractivity contribution is 5.70. The lowest BCUT2D eigenvalue weighted by Gasteiger charge is -2.20. The Labute approximate surface area is 113 Å². The van der Waals surface area contributed by atoms with E-state index in [0.29, 0.717) is 24.3 Å². The summed E-state index contributed by atoms with van der Waals surface area (Å²) in [4.78, 5) is 10.9. The Hall–Kier alpha value is -1.76. The lowest BCUT2D eigenvalue weighted by molar-refractivity contribution is -0.137. The fraction of sp³-hybridized carbons (Fsp3) is 0.462. The molecule has 1 aromatic rings. The molecular formula is C13H15F3N2O2. The van der Waals surface area contributed by atoms with Crippen molar-refractivity contribution >= 4 is 6.03 Å². The van der Waals surface area contributed by atoms with E-state index < -0.39 is 17.8 Å². The highest BCUT2D eigenvalue weighted by atomic mass is 19.4. The zero-order valence-electron chi connectivity index (χ0n) is 10.6. The van der Waals surface area contributed by atoms with Gasteiger partial charge in [-0.25, -0.2) is 9.86 Å². The molecule has 2 amide bonds. The number of nitrogens with zero attached hydrogens (tertiary/aromatic N) is 1. The number of hydroxylamine groups is 2. The molecule has 0 aromatic heterocycles. The van der Waals surface area contributed by atoms with Crippen LogP contribution in [-0.2, 0) is 6.18 Å². The average molecular weight is 288 g/mol. The third-order valence-electron chi connectivity index (χ3n) is 3.69. The fourth-order valence-corrected chi connectivity index (χ4v) is 2.61. The van der Waals surface area contributed by atoms with Crippen molar-refractivity contribution in [2.75, 3.05) is 0 Å². The Morgan fingerprint density at radius 3 is 2.35 bits per heavy atom. The van der Waals surface area contributed by atoms with E-state index in [-0.39, 0.29) is 12.0 Å². The van der Waals surface area contributed by atoms with Gasteiger partial charge in [-0.1, -0.05) is 12.1 Å². The number of carbonyl (C=O) groups is 1. The van der Waals surface area contributed by atoms with E-state index in [9.17, 15) is 23.2 Å². The zero-order valence-corrected chi connectivity index (χ0v) is 10.6. The molecule has 4 nitrogen and oxygen atoms in total. The number of primary amides is 1. The molecule has 0 spiro atoms. The maximum atomic E-state index is 12.5. The van der Waals surface area contributed by atoms with Gasteiger partial charge < -0.3 is 5.73 Å². The van der Waals surface area contributed by atoms with Gasteiger partial charge in [-0.05, 0) is 42.9 Å². The van der Waals surface area contributed by atoms with Crippen LogP contribution in [0.5, 0.6) is 0 Å². The normalized spacial score (nSPS) is 22.8. The topological polar surface area (TPSA) is 66.6 Å². The van der Waals surface area contributed by atoms with Crippen molar-refractivity contribution in [1.82, 2.24) is 5.06 Å². The van der Waals surface area contributed by atoms with E-state index in [1.54, 1.807) is 0 Å². The standard InChI is InChI=1S/C13H15F3N2O2/c14-13(15,16)10-4-1-8(2-5-10)9-3-6-11(7-9)18(20)12(17)19/h1-2,4-5,9,11,20H,3,6-7H2,(H2,17,19). The van der Waals surface area contributed by atoms with E-state index >= 15 is 0 Å². The summed E-state index contributed by atoms with van der Waals surface area (Å²) >= 11 is 0. The monoisotopic (exact) mass is 288 g/mol. The summed E-state index contributed by atoms with van der Waals surface area (Å²) in [5, 5.41) is 9.96. The van der Waals surface area contributed by atoms with Crippen LogP contribution in [0.4, 0.5) is 18.0 Å². The van der Waals surface area contributed by atoms with Crippen molar-refractivity contribution in [1.29, 1.82) is 0 Å². The van der Waals surface area contributed by atoms with Crippen molar-refractivity contribution in [3.8, 4) is 0 Å². The van der Waals surface area contributed by atoms with Crippen LogP contribution in [0.1, 0.15) is 36.3 Å². The number of amides is 2. The van der Waals surface area contributed by atoms with Crippen LogP contribution in [0, 0.1) is 0 Å². The molecule has 0 radical (unpaired) electrons. The van der Waals surface area contributed by atoms with Crippen LogP contribution in [0.2, 0.25) is 0 Å². The third-order valence-corrected chi connectivity index (χ3v) is 3.69. The number of halogens is 3. The van der Waals surface area contributed by atoms with E-state index in [0.717, 1.165) is 17.7 Å². The molecule has 2 unspecified atom stereocenters. The summed E-state index contributed by atoms with van der Waals surface area (Å²) in [6.07, 6.45) is -2.58. The summed E-state index contributed by atoms with van der Waals surface area (Å²) in [7, 11) is 0. The molecule has 110 valence electrons. The van der Waals surface area contributed by atoms with Crippen LogP contribution in [0.15, 0.2) is 24.3 Å². The Kier molecular flexibility index (Phi) is 3.89. The summed E-state index contributed by atoms with van der Waals surface area (Å²) in [6.45, 7) is 0. The van der Waals surface area contributed by atoms with Crippen LogP contribution >= 0.6 is 0 Å². The molecular weight excluding hydrogens is 273 g/mol. The number of nitrogens with two attached hydrogens (primary N) is 1. The van der Waals surface area contributed by atoms with Crippen LogP contribution in [0.25, 0.3) is 0 Å². The van der Waals surface area contributed by atoms with Crippen LogP contribution < -0.4 is 5.73 Å². The lowest BCUT2D eigenvalue weighted by atomic mass is 9.96. The molecule has 1 fully saturated rings. The van der Waals surface area contributed by atoms with Gasteiger partial charge in [-0.3, -0.25) is 5.21 Å². The van der Waals surface area contributed by atoms with Gasteiger partial charge in [0.05, 0.1) is 11.6 Å². The summed E-state index contributed by atoms with van der Waals surface area (Å²) < 4.78 is 37.4. The Morgan fingerprint density at radius 2 is 1.85 bits per heavy atom. The first kappa shape index (κ1) is 14.6. The molecule has 3 N–H and O–H groups in total. The molecule has 7 heteroatoms. The molecule has 0 saturated heterocycles. The molecule has 2 rings (SSSR count). The molecule has 20 heavy (non-hydrogen) atoms. The van der Waals surface area contributed by atoms with Crippen molar-refractivity contribution in [2.45, 2.75) is 37.4 Å². The average Bonchev–Trinajstić information content (AvgIpc) is 2.86. The van der Waals surface area contributed by atoms with Gasteiger partial charge >= 0.3 is 12.2 Å².